The lowest BCUT2D eigenvalue weighted by Gasteiger charge is -2.06. The smallest absolute Gasteiger partial charge is 0.354 e. The van der Waals surface area contributed by atoms with Gasteiger partial charge >= 0.3 is 5.97 Å². The van der Waals surface area contributed by atoms with Gasteiger partial charge in [-0.1, -0.05) is 11.6 Å². The van der Waals surface area contributed by atoms with Crippen LogP contribution in [0.15, 0.2) is 18.2 Å². The Labute approximate surface area is 97.7 Å². The highest BCUT2D eigenvalue weighted by Crippen LogP contribution is 2.25. The third-order valence-corrected chi connectivity index (χ3v) is 2.92. The van der Waals surface area contributed by atoms with Gasteiger partial charge in [0, 0.05) is 10.4 Å². The molecule has 0 aliphatic heterocycles. The number of carbonyl (C=O) groups is 1. The third-order valence-electron chi connectivity index (χ3n) is 2.52. The summed E-state index contributed by atoms with van der Waals surface area (Å²) in [6.07, 6.45) is 0. The van der Waals surface area contributed by atoms with Crippen LogP contribution in [0.4, 0.5) is 0 Å². The topological polar surface area (TPSA) is 50.2 Å². The lowest BCUT2D eigenvalue weighted by Crippen LogP contribution is -2.01. The standard InChI is InChI=1S/C12H10ClNO2/c1-6-4-11(12(15)16)14-10-5-9(13)7(2)3-8(6)10/h3-5H,1-2H3,(H,15,16). The van der Waals surface area contributed by atoms with Crippen LogP contribution in [0.25, 0.3) is 10.9 Å². The van der Waals surface area contributed by atoms with Gasteiger partial charge in [-0.05, 0) is 43.2 Å². The number of carboxylic acids is 1. The maximum absolute atomic E-state index is 10.9. The molecule has 1 heterocycles. The number of aromatic carboxylic acids is 1. The van der Waals surface area contributed by atoms with E-state index >= 15 is 0 Å². The molecule has 0 radical (unpaired) electrons. The molecule has 0 spiro atoms. The number of rotatable bonds is 1. The summed E-state index contributed by atoms with van der Waals surface area (Å²) in [5, 5.41) is 10.4. The largest absolute Gasteiger partial charge is 0.477 e. The molecule has 0 aliphatic carbocycles. The average Bonchev–Trinajstić information content (AvgIpc) is 2.20. The van der Waals surface area contributed by atoms with Crippen LogP contribution in [0, 0.1) is 13.8 Å². The Balaban J connectivity index is 2.82. The quantitative estimate of drug-likeness (QED) is 0.826. The van der Waals surface area contributed by atoms with Crippen LogP contribution in [0.2, 0.25) is 5.02 Å². The summed E-state index contributed by atoms with van der Waals surface area (Å²) in [6, 6.07) is 5.19. The number of halogens is 1. The number of hydrogen-bond acceptors (Lipinski definition) is 2. The number of hydrogen-bond donors (Lipinski definition) is 1. The lowest BCUT2D eigenvalue weighted by atomic mass is 10.1. The second-order valence-corrected chi connectivity index (χ2v) is 4.16. The van der Waals surface area contributed by atoms with Crippen molar-refractivity contribution in [3.8, 4) is 0 Å². The van der Waals surface area contributed by atoms with E-state index < -0.39 is 5.97 Å². The normalized spacial score (nSPS) is 10.7. The van der Waals surface area contributed by atoms with Crippen LogP contribution in [0.3, 0.4) is 0 Å². The van der Waals surface area contributed by atoms with Gasteiger partial charge in [0.2, 0.25) is 0 Å². The van der Waals surface area contributed by atoms with Gasteiger partial charge in [-0.25, -0.2) is 9.78 Å². The summed E-state index contributed by atoms with van der Waals surface area (Å²) < 4.78 is 0. The van der Waals surface area contributed by atoms with Crippen molar-refractivity contribution in [1.82, 2.24) is 4.98 Å². The summed E-state index contributed by atoms with van der Waals surface area (Å²) in [7, 11) is 0. The fourth-order valence-corrected chi connectivity index (χ4v) is 1.79. The van der Waals surface area contributed by atoms with Crippen LogP contribution in [-0.2, 0) is 0 Å². The van der Waals surface area contributed by atoms with Crippen LogP contribution >= 0.6 is 11.6 Å². The summed E-state index contributed by atoms with van der Waals surface area (Å²) in [4.78, 5) is 14.9. The average molecular weight is 236 g/mol. The molecule has 0 saturated heterocycles. The van der Waals surface area contributed by atoms with E-state index in [9.17, 15) is 4.79 Å². The fraction of sp³-hybridized carbons (Fsp3) is 0.167. The Morgan fingerprint density at radius 3 is 2.56 bits per heavy atom. The van der Waals surface area contributed by atoms with Crippen LogP contribution in [-0.4, -0.2) is 16.1 Å². The van der Waals surface area contributed by atoms with E-state index in [1.165, 1.54) is 0 Å². The number of benzene rings is 1. The first-order valence-electron chi connectivity index (χ1n) is 4.80. The minimum absolute atomic E-state index is 0.0462. The van der Waals surface area contributed by atoms with Crippen molar-refractivity contribution in [3.63, 3.8) is 0 Å². The molecule has 4 heteroatoms. The van der Waals surface area contributed by atoms with E-state index in [0.29, 0.717) is 10.5 Å². The second kappa shape index (κ2) is 3.76. The minimum Gasteiger partial charge on any atom is -0.477 e. The molecule has 82 valence electrons. The maximum atomic E-state index is 10.9. The van der Waals surface area contributed by atoms with Crippen molar-refractivity contribution >= 4 is 28.5 Å². The van der Waals surface area contributed by atoms with Gasteiger partial charge in [-0.3, -0.25) is 0 Å². The molecular weight excluding hydrogens is 226 g/mol. The van der Waals surface area contributed by atoms with E-state index in [1.807, 2.05) is 19.9 Å². The number of pyridine rings is 1. The molecule has 2 aromatic rings. The molecule has 0 amide bonds. The van der Waals surface area contributed by atoms with Crippen LogP contribution in [0.5, 0.6) is 0 Å². The monoisotopic (exact) mass is 235 g/mol. The molecule has 0 unspecified atom stereocenters. The summed E-state index contributed by atoms with van der Waals surface area (Å²) >= 11 is 5.98. The van der Waals surface area contributed by atoms with E-state index in [4.69, 9.17) is 16.7 Å². The molecular formula is C12H10ClNO2. The molecule has 16 heavy (non-hydrogen) atoms. The number of nitrogens with zero attached hydrogens (tertiary/aromatic N) is 1. The highest BCUT2D eigenvalue weighted by Gasteiger charge is 2.09. The van der Waals surface area contributed by atoms with Crippen molar-refractivity contribution in [1.29, 1.82) is 0 Å². The number of fused-ring (bicyclic) bond motifs is 1. The molecule has 1 N–H and O–H groups in total. The molecule has 1 aromatic heterocycles. The van der Waals surface area contributed by atoms with Crippen molar-refractivity contribution < 1.29 is 9.90 Å². The first-order chi connectivity index (χ1) is 7.49. The Bertz CT molecular complexity index is 593. The van der Waals surface area contributed by atoms with Crippen molar-refractivity contribution in [2.45, 2.75) is 13.8 Å². The van der Waals surface area contributed by atoms with Gasteiger partial charge in [0.05, 0.1) is 5.52 Å². The Morgan fingerprint density at radius 1 is 1.25 bits per heavy atom. The number of aryl methyl sites for hydroxylation is 2. The number of aromatic nitrogens is 1. The minimum atomic E-state index is -1.03. The SMILES string of the molecule is Cc1cc2c(C)cc(C(=O)O)nc2cc1Cl. The fourth-order valence-electron chi connectivity index (χ4n) is 1.63. The van der Waals surface area contributed by atoms with Crippen LogP contribution < -0.4 is 0 Å². The predicted octanol–water partition coefficient (Wildman–Crippen LogP) is 3.20. The first kappa shape index (κ1) is 10.9. The Kier molecular flexibility index (Phi) is 2.56. The maximum Gasteiger partial charge on any atom is 0.354 e. The van der Waals surface area contributed by atoms with E-state index in [1.54, 1.807) is 12.1 Å². The van der Waals surface area contributed by atoms with Crippen molar-refractivity contribution in [2.24, 2.45) is 0 Å². The van der Waals surface area contributed by atoms with E-state index in [2.05, 4.69) is 4.98 Å². The van der Waals surface area contributed by atoms with E-state index in [0.717, 1.165) is 16.5 Å². The van der Waals surface area contributed by atoms with Gasteiger partial charge in [0.25, 0.3) is 0 Å². The Hall–Kier alpha value is -1.61. The summed E-state index contributed by atoms with van der Waals surface area (Å²) in [5.41, 5.74) is 2.52. The highest BCUT2D eigenvalue weighted by atomic mass is 35.5. The van der Waals surface area contributed by atoms with E-state index in [-0.39, 0.29) is 5.69 Å². The van der Waals surface area contributed by atoms with Gasteiger partial charge in [0.15, 0.2) is 0 Å². The summed E-state index contributed by atoms with van der Waals surface area (Å²) in [6.45, 7) is 3.77. The van der Waals surface area contributed by atoms with Gasteiger partial charge < -0.3 is 5.11 Å². The highest BCUT2D eigenvalue weighted by molar-refractivity contribution is 6.32. The third kappa shape index (κ3) is 1.74. The molecule has 0 fully saturated rings. The van der Waals surface area contributed by atoms with Gasteiger partial charge in [-0.2, -0.15) is 0 Å². The van der Waals surface area contributed by atoms with Crippen molar-refractivity contribution in [3.05, 3.63) is 40.0 Å². The Morgan fingerprint density at radius 2 is 1.94 bits per heavy atom. The molecule has 0 aliphatic rings. The number of carboxylic acid groups (broad SMARTS) is 1. The zero-order chi connectivity index (χ0) is 11.9. The van der Waals surface area contributed by atoms with Crippen molar-refractivity contribution in [2.75, 3.05) is 0 Å². The molecule has 3 nitrogen and oxygen atoms in total. The molecule has 1 aromatic carbocycles. The molecule has 2 rings (SSSR count). The molecule has 0 saturated carbocycles. The van der Waals surface area contributed by atoms with Crippen LogP contribution in [0.1, 0.15) is 21.6 Å². The lowest BCUT2D eigenvalue weighted by molar-refractivity contribution is 0.0691. The zero-order valence-electron chi connectivity index (χ0n) is 8.91. The van der Waals surface area contributed by atoms with Gasteiger partial charge in [0.1, 0.15) is 5.69 Å². The first-order valence-corrected chi connectivity index (χ1v) is 5.17. The molecule has 0 atom stereocenters. The zero-order valence-corrected chi connectivity index (χ0v) is 9.67. The summed E-state index contributed by atoms with van der Waals surface area (Å²) in [5.74, 6) is -1.03. The second-order valence-electron chi connectivity index (χ2n) is 3.75. The van der Waals surface area contributed by atoms with Gasteiger partial charge in [-0.15, -0.1) is 0 Å². The molecule has 0 bridgehead atoms. The predicted molar refractivity (Wildman–Crippen MR) is 63.2 cm³/mol.